The van der Waals surface area contributed by atoms with Gasteiger partial charge in [-0.2, -0.15) is 0 Å². The first-order valence-electron chi connectivity index (χ1n) is 35.7. The minimum absolute atomic E-state index is 0.0301. The Balaban J connectivity index is 3.88. The summed E-state index contributed by atoms with van der Waals surface area (Å²) in [7, 11) is 1.48. The van der Waals surface area contributed by atoms with Crippen molar-refractivity contribution < 1.29 is 42.1 Å². The zero-order chi connectivity index (χ0) is 59.8. The highest BCUT2D eigenvalue weighted by Gasteiger charge is 2.27. The van der Waals surface area contributed by atoms with Gasteiger partial charge in [0.15, 0.2) is 6.10 Å². The van der Waals surface area contributed by atoms with E-state index in [-0.39, 0.29) is 25.6 Å². The van der Waals surface area contributed by atoms with Gasteiger partial charge >= 0.3 is 19.8 Å². The minimum atomic E-state index is -4.39. The quantitative estimate of drug-likeness (QED) is 0.0211. The fraction of sp³-hybridized carbons (Fsp3) is 0.889. The van der Waals surface area contributed by atoms with Crippen LogP contribution in [0.1, 0.15) is 361 Å². The Labute approximate surface area is 510 Å². The summed E-state index contributed by atoms with van der Waals surface area (Å²) in [6.45, 7) is 4.45. The van der Waals surface area contributed by atoms with E-state index < -0.39 is 26.5 Å². The molecule has 10 heteroatoms. The van der Waals surface area contributed by atoms with Crippen LogP contribution in [-0.4, -0.2) is 74.9 Å². The van der Waals surface area contributed by atoms with Gasteiger partial charge in [0, 0.05) is 12.8 Å². The fourth-order valence-electron chi connectivity index (χ4n) is 10.7. The van der Waals surface area contributed by atoms with Crippen LogP contribution in [0.25, 0.3) is 0 Å². The number of carbonyl (C=O) groups excluding carboxylic acids is 2. The molecule has 484 valence electrons. The minimum Gasteiger partial charge on any atom is -0.462 e. The molecular formula is C72H139NO8P+. The molecule has 0 bridgehead atoms. The number of likely N-dealkylation sites (N-methyl/N-ethyl adjacent to an activating group) is 1. The van der Waals surface area contributed by atoms with Crippen LogP contribution >= 0.6 is 7.82 Å². The topological polar surface area (TPSA) is 108 Å². The van der Waals surface area contributed by atoms with Crippen molar-refractivity contribution in [3.8, 4) is 0 Å². The molecule has 2 atom stereocenters. The van der Waals surface area contributed by atoms with Gasteiger partial charge in [-0.1, -0.05) is 333 Å². The first kappa shape index (κ1) is 80.2. The molecule has 0 aliphatic carbocycles. The molecule has 0 saturated carbocycles. The Morgan fingerprint density at radius 1 is 0.378 bits per heavy atom. The summed E-state index contributed by atoms with van der Waals surface area (Å²) in [5.41, 5.74) is 0. The van der Waals surface area contributed by atoms with Crippen LogP contribution in [0, 0.1) is 0 Å². The predicted octanol–water partition coefficient (Wildman–Crippen LogP) is 23.1. The highest BCUT2D eigenvalue weighted by Crippen LogP contribution is 2.43. The average molecular weight is 1180 g/mol. The largest absolute Gasteiger partial charge is 0.472 e. The number of phosphoric acid groups is 1. The molecule has 0 aromatic carbocycles. The molecule has 0 fully saturated rings. The third kappa shape index (κ3) is 67.4. The lowest BCUT2D eigenvalue weighted by molar-refractivity contribution is -0.870. The number of ether oxygens (including phenoxy) is 2. The first-order chi connectivity index (χ1) is 40.0. The van der Waals surface area contributed by atoms with E-state index in [4.69, 9.17) is 18.5 Å². The SMILES string of the molecule is CCCCC/C=C\C/C=C\C/C=C\CCCCCCCCC(=O)OC(COC(=O)CCCCCCCCCCCCCCCCCCCCCCCCCCCCCCCCCCCCCCCCC)COP(=O)(O)OCC[N+](C)(C)C. The van der Waals surface area contributed by atoms with Gasteiger partial charge in [-0.05, 0) is 51.4 Å². The number of nitrogens with zero attached hydrogens (tertiary/aromatic N) is 1. The molecule has 2 unspecified atom stereocenters. The van der Waals surface area contributed by atoms with Crippen LogP contribution in [0.4, 0.5) is 0 Å². The zero-order valence-corrected chi connectivity index (χ0v) is 56.1. The van der Waals surface area contributed by atoms with Crippen molar-refractivity contribution in [2.45, 2.75) is 367 Å². The molecular weight excluding hydrogens is 1040 g/mol. The molecule has 0 spiro atoms. The summed E-state index contributed by atoms with van der Waals surface area (Å²) in [5.74, 6) is -0.796. The van der Waals surface area contributed by atoms with Crippen LogP contribution in [0.5, 0.6) is 0 Å². The number of allylic oxidation sites excluding steroid dienone is 6. The van der Waals surface area contributed by atoms with Crippen LogP contribution in [0.15, 0.2) is 36.5 Å². The van der Waals surface area contributed by atoms with Crippen LogP contribution in [-0.2, 0) is 32.7 Å². The Morgan fingerprint density at radius 2 is 0.659 bits per heavy atom. The molecule has 0 rings (SSSR count). The third-order valence-electron chi connectivity index (χ3n) is 16.2. The van der Waals surface area contributed by atoms with Crippen molar-refractivity contribution in [2.75, 3.05) is 47.5 Å². The van der Waals surface area contributed by atoms with Crippen molar-refractivity contribution in [1.82, 2.24) is 0 Å². The monoisotopic (exact) mass is 1180 g/mol. The van der Waals surface area contributed by atoms with Gasteiger partial charge in [0.05, 0.1) is 27.7 Å². The maximum Gasteiger partial charge on any atom is 0.472 e. The van der Waals surface area contributed by atoms with E-state index in [9.17, 15) is 19.0 Å². The van der Waals surface area contributed by atoms with E-state index >= 15 is 0 Å². The van der Waals surface area contributed by atoms with Gasteiger partial charge in [-0.3, -0.25) is 18.6 Å². The first-order valence-corrected chi connectivity index (χ1v) is 37.2. The van der Waals surface area contributed by atoms with Gasteiger partial charge in [0.1, 0.15) is 19.8 Å². The number of phosphoric ester groups is 1. The van der Waals surface area contributed by atoms with E-state index in [2.05, 4.69) is 50.3 Å². The number of carbonyl (C=O) groups is 2. The van der Waals surface area contributed by atoms with E-state index in [0.717, 1.165) is 70.6 Å². The van der Waals surface area contributed by atoms with E-state index in [1.54, 1.807) is 0 Å². The van der Waals surface area contributed by atoms with Crippen molar-refractivity contribution in [3.05, 3.63) is 36.5 Å². The van der Waals surface area contributed by atoms with Gasteiger partial charge in [0.2, 0.25) is 0 Å². The van der Waals surface area contributed by atoms with Crippen LogP contribution in [0.2, 0.25) is 0 Å². The van der Waals surface area contributed by atoms with E-state index in [1.165, 1.54) is 257 Å². The van der Waals surface area contributed by atoms with Gasteiger partial charge < -0.3 is 18.9 Å². The zero-order valence-electron chi connectivity index (χ0n) is 55.3. The maximum atomic E-state index is 12.8. The fourth-order valence-corrected chi connectivity index (χ4v) is 11.4. The second-order valence-corrected chi connectivity index (χ2v) is 27.1. The number of esters is 2. The summed E-state index contributed by atoms with van der Waals surface area (Å²) < 4.78 is 34.7. The summed E-state index contributed by atoms with van der Waals surface area (Å²) in [6.07, 6.45) is 81.4. The number of hydrogen-bond donors (Lipinski definition) is 1. The number of unbranched alkanes of at least 4 members (excludes halogenated alkanes) is 47. The van der Waals surface area contributed by atoms with Crippen LogP contribution < -0.4 is 0 Å². The molecule has 0 heterocycles. The summed E-state index contributed by atoms with van der Waals surface area (Å²) in [6, 6.07) is 0. The third-order valence-corrected chi connectivity index (χ3v) is 17.2. The van der Waals surface area contributed by atoms with E-state index in [0.29, 0.717) is 23.9 Å². The maximum absolute atomic E-state index is 12.8. The van der Waals surface area contributed by atoms with E-state index in [1.807, 2.05) is 21.1 Å². The number of rotatable bonds is 67. The molecule has 0 aliphatic rings. The molecule has 0 radical (unpaired) electrons. The van der Waals surface area contributed by atoms with Crippen molar-refractivity contribution in [2.24, 2.45) is 0 Å². The highest BCUT2D eigenvalue weighted by molar-refractivity contribution is 7.47. The second-order valence-electron chi connectivity index (χ2n) is 25.6. The van der Waals surface area contributed by atoms with Gasteiger partial charge in [-0.25, -0.2) is 4.57 Å². The predicted molar refractivity (Wildman–Crippen MR) is 354 cm³/mol. The summed E-state index contributed by atoms with van der Waals surface area (Å²) in [5, 5.41) is 0. The van der Waals surface area contributed by atoms with Crippen molar-refractivity contribution in [3.63, 3.8) is 0 Å². The number of quaternary nitrogens is 1. The van der Waals surface area contributed by atoms with Gasteiger partial charge in [0.25, 0.3) is 0 Å². The Hall–Kier alpha value is -1.77. The molecule has 0 saturated heterocycles. The van der Waals surface area contributed by atoms with Gasteiger partial charge in [-0.15, -0.1) is 0 Å². The molecule has 0 amide bonds. The average Bonchev–Trinajstić information content (AvgIpc) is 3.46. The lowest BCUT2D eigenvalue weighted by Crippen LogP contribution is -2.37. The smallest absolute Gasteiger partial charge is 0.462 e. The molecule has 0 aliphatic heterocycles. The second kappa shape index (κ2) is 63.7. The molecule has 0 aromatic rings. The van der Waals surface area contributed by atoms with Crippen LogP contribution in [0.3, 0.4) is 0 Å². The molecule has 9 nitrogen and oxygen atoms in total. The summed E-state index contributed by atoms with van der Waals surface area (Å²) in [4.78, 5) is 35.8. The highest BCUT2D eigenvalue weighted by atomic mass is 31.2. The Kier molecular flexibility index (Phi) is 62.3. The Bertz CT molecular complexity index is 1480. The lowest BCUT2D eigenvalue weighted by atomic mass is 10.0. The standard InChI is InChI=1S/C72H138NO8P/c1-6-8-10-12-14-16-18-20-22-24-26-27-28-29-30-31-32-33-34-35-36-37-38-39-40-41-42-43-44-45-47-48-50-52-54-56-58-60-62-64-71(74)78-68-70(69-80-82(76,77)79-67-66-73(3,4)5)81-72(75)65-63-61-59-57-55-53-51-49-46-25-23-21-19-17-15-13-11-9-7-2/h15,17,21,23,46,49,70H,6-14,16,18-20,22,24-45,47-48,50-69H2,1-5H3/p+1/b17-15-,23-21-,49-46-. The normalized spacial score (nSPS) is 13.3. The van der Waals surface area contributed by atoms with Crippen molar-refractivity contribution in [1.29, 1.82) is 0 Å². The molecule has 1 N–H and O–H groups in total. The summed E-state index contributed by atoms with van der Waals surface area (Å²) >= 11 is 0. The molecule has 0 aromatic heterocycles. The molecule has 82 heavy (non-hydrogen) atoms. The Morgan fingerprint density at radius 3 is 1.00 bits per heavy atom. The number of hydrogen-bond acceptors (Lipinski definition) is 7. The lowest BCUT2D eigenvalue weighted by Gasteiger charge is -2.24. The van der Waals surface area contributed by atoms with Crippen molar-refractivity contribution >= 4 is 19.8 Å².